The summed E-state index contributed by atoms with van der Waals surface area (Å²) >= 11 is 5.66. The topological polar surface area (TPSA) is 75.3 Å². The molecule has 0 saturated heterocycles. The first-order valence-corrected chi connectivity index (χ1v) is 5.80. The molecule has 0 aliphatic rings. The number of phenolic OH excluding ortho intramolecular Hbond substituents is 1. The zero-order valence-corrected chi connectivity index (χ0v) is 10.7. The summed E-state index contributed by atoms with van der Waals surface area (Å²) in [6, 6.07) is 5.31. The molecule has 1 amide bonds. The van der Waals surface area contributed by atoms with Crippen LogP contribution >= 0.6 is 11.6 Å². The second kappa shape index (κ2) is 5.34. The number of nitrogens with two attached hydrogens (primary N) is 1. The van der Waals surface area contributed by atoms with Crippen LogP contribution in [-0.4, -0.2) is 11.0 Å². The maximum Gasteiger partial charge on any atom is 0.255 e. The van der Waals surface area contributed by atoms with Gasteiger partial charge < -0.3 is 16.2 Å². The Hall–Kier alpha value is -2.34. The second-order valence-corrected chi connectivity index (χ2v) is 4.38. The van der Waals surface area contributed by atoms with Crippen molar-refractivity contribution >= 4 is 28.9 Å². The average Bonchev–Trinajstić information content (AvgIpc) is 2.39. The van der Waals surface area contributed by atoms with Gasteiger partial charge in [0.15, 0.2) is 0 Å². The van der Waals surface area contributed by atoms with Crippen LogP contribution in [0.4, 0.5) is 20.2 Å². The molecule has 20 heavy (non-hydrogen) atoms. The first-order valence-electron chi connectivity index (χ1n) is 5.43. The number of hydrogen-bond donors (Lipinski definition) is 3. The highest BCUT2D eigenvalue weighted by Gasteiger charge is 2.13. The molecule has 0 atom stereocenters. The third-order valence-electron chi connectivity index (χ3n) is 2.54. The number of phenols is 1. The van der Waals surface area contributed by atoms with E-state index in [0.29, 0.717) is 6.07 Å². The quantitative estimate of drug-likeness (QED) is 0.745. The van der Waals surface area contributed by atoms with Crippen LogP contribution in [0.25, 0.3) is 0 Å². The van der Waals surface area contributed by atoms with E-state index in [1.54, 1.807) is 0 Å². The number of halogens is 3. The molecule has 0 saturated carbocycles. The zero-order chi connectivity index (χ0) is 14.9. The van der Waals surface area contributed by atoms with E-state index in [1.807, 2.05) is 0 Å². The maximum atomic E-state index is 13.5. The van der Waals surface area contributed by atoms with Gasteiger partial charge in [-0.2, -0.15) is 0 Å². The predicted octanol–water partition coefficient (Wildman–Crippen LogP) is 3.16. The average molecular weight is 299 g/mol. The van der Waals surface area contributed by atoms with Crippen molar-refractivity contribution in [3.8, 4) is 5.75 Å². The number of aromatic hydroxyl groups is 1. The summed E-state index contributed by atoms with van der Waals surface area (Å²) in [5.41, 5.74) is 4.87. The molecule has 104 valence electrons. The van der Waals surface area contributed by atoms with Crippen molar-refractivity contribution in [3.63, 3.8) is 0 Å². The largest absolute Gasteiger partial charge is 0.506 e. The summed E-state index contributed by atoms with van der Waals surface area (Å²) < 4.78 is 26.5. The van der Waals surface area contributed by atoms with Crippen LogP contribution in [-0.2, 0) is 0 Å². The number of hydrogen-bond acceptors (Lipinski definition) is 3. The minimum absolute atomic E-state index is 0.0169. The SMILES string of the molecule is Nc1cc(NC(=O)c2ccc(O)c(Cl)c2)c(F)cc1F. The van der Waals surface area contributed by atoms with E-state index in [2.05, 4.69) is 5.32 Å². The molecule has 0 heterocycles. The van der Waals surface area contributed by atoms with Gasteiger partial charge in [-0.3, -0.25) is 4.79 Å². The van der Waals surface area contributed by atoms with Crippen molar-refractivity contribution in [2.75, 3.05) is 11.1 Å². The number of amides is 1. The number of anilines is 2. The van der Waals surface area contributed by atoms with Crippen molar-refractivity contribution in [1.82, 2.24) is 0 Å². The molecule has 0 unspecified atom stereocenters. The second-order valence-electron chi connectivity index (χ2n) is 3.97. The number of benzene rings is 2. The molecular formula is C13H9ClF2N2O2. The van der Waals surface area contributed by atoms with Crippen molar-refractivity contribution in [2.24, 2.45) is 0 Å². The Morgan fingerprint density at radius 2 is 1.90 bits per heavy atom. The van der Waals surface area contributed by atoms with E-state index in [1.165, 1.54) is 18.2 Å². The minimum Gasteiger partial charge on any atom is -0.506 e. The van der Waals surface area contributed by atoms with Crippen LogP contribution in [0.5, 0.6) is 5.75 Å². The molecule has 2 rings (SSSR count). The van der Waals surface area contributed by atoms with Gasteiger partial charge in [-0.25, -0.2) is 8.78 Å². The van der Waals surface area contributed by atoms with Crippen LogP contribution in [0.2, 0.25) is 5.02 Å². The fourth-order valence-electron chi connectivity index (χ4n) is 1.50. The van der Waals surface area contributed by atoms with E-state index in [-0.39, 0.29) is 27.7 Å². The molecule has 4 N–H and O–H groups in total. The summed E-state index contributed by atoms with van der Waals surface area (Å²) in [6.45, 7) is 0. The fourth-order valence-corrected chi connectivity index (χ4v) is 1.68. The van der Waals surface area contributed by atoms with E-state index in [9.17, 15) is 18.7 Å². The predicted molar refractivity (Wildman–Crippen MR) is 71.8 cm³/mol. The molecule has 0 aromatic heterocycles. The molecule has 4 nitrogen and oxygen atoms in total. The van der Waals surface area contributed by atoms with Gasteiger partial charge in [0.05, 0.1) is 16.4 Å². The summed E-state index contributed by atoms with van der Waals surface area (Å²) in [6.07, 6.45) is 0. The van der Waals surface area contributed by atoms with Crippen molar-refractivity contribution in [1.29, 1.82) is 0 Å². The Bertz CT molecular complexity index is 692. The van der Waals surface area contributed by atoms with Crippen LogP contribution in [0, 0.1) is 11.6 Å². The summed E-state index contributed by atoms with van der Waals surface area (Å²) in [4.78, 5) is 11.9. The molecule has 0 radical (unpaired) electrons. The first kappa shape index (κ1) is 14.1. The lowest BCUT2D eigenvalue weighted by Crippen LogP contribution is -2.13. The molecule has 0 bridgehead atoms. The normalized spacial score (nSPS) is 10.3. The number of carbonyl (C=O) groups excluding carboxylic acids is 1. The third-order valence-corrected chi connectivity index (χ3v) is 2.85. The number of rotatable bonds is 2. The maximum absolute atomic E-state index is 13.5. The monoisotopic (exact) mass is 298 g/mol. The number of carbonyl (C=O) groups is 1. The van der Waals surface area contributed by atoms with Crippen LogP contribution in [0.3, 0.4) is 0 Å². The van der Waals surface area contributed by atoms with E-state index < -0.39 is 17.5 Å². The third kappa shape index (κ3) is 2.80. The Morgan fingerprint density at radius 3 is 2.55 bits per heavy atom. The fraction of sp³-hybridized carbons (Fsp3) is 0. The molecule has 2 aromatic carbocycles. The molecule has 0 spiro atoms. The lowest BCUT2D eigenvalue weighted by Gasteiger charge is -2.08. The van der Waals surface area contributed by atoms with Crippen LogP contribution < -0.4 is 11.1 Å². The standard InChI is InChI=1S/C13H9ClF2N2O2/c14-7-3-6(1-2-12(7)19)13(20)18-11-5-10(17)8(15)4-9(11)16/h1-5,19H,17H2,(H,18,20). The van der Waals surface area contributed by atoms with Gasteiger partial charge in [-0.05, 0) is 24.3 Å². The minimum atomic E-state index is -0.949. The lowest BCUT2D eigenvalue weighted by atomic mass is 10.2. The van der Waals surface area contributed by atoms with Gasteiger partial charge in [-0.1, -0.05) is 11.6 Å². The van der Waals surface area contributed by atoms with Gasteiger partial charge in [0.1, 0.15) is 17.4 Å². The highest BCUT2D eigenvalue weighted by atomic mass is 35.5. The van der Waals surface area contributed by atoms with Crippen LogP contribution in [0.1, 0.15) is 10.4 Å². The van der Waals surface area contributed by atoms with Crippen LogP contribution in [0.15, 0.2) is 30.3 Å². The van der Waals surface area contributed by atoms with E-state index in [0.717, 1.165) is 6.07 Å². The van der Waals surface area contributed by atoms with Gasteiger partial charge in [0.2, 0.25) is 0 Å². The van der Waals surface area contributed by atoms with E-state index in [4.69, 9.17) is 17.3 Å². The highest BCUT2D eigenvalue weighted by molar-refractivity contribution is 6.32. The summed E-state index contributed by atoms with van der Waals surface area (Å²) in [5.74, 6) is -2.71. The molecule has 7 heteroatoms. The molecule has 0 aliphatic heterocycles. The van der Waals surface area contributed by atoms with Gasteiger partial charge in [0, 0.05) is 11.6 Å². The van der Waals surface area contributed by atoms with Gasteiger partial charge in [0.25, 0.3) is 5.91 Å². The summed E-state index contributed by atoms with van der Waals surface area (Å²) in [7, 11) is 0. The van der Waals surface area contributed by atoms with Crippen molar-refractivity contribution < 1.29 is 18.7 Å². The Kier molecular flexibility index (Phi) is 3.76. The Balaban J connectivity index is 2.27. The zero-order valence-electron chi connectivity index (χ0n) is 9.95. The summed E-state index contributed by atoms with van der Waals surface area (Å²) in [5, 5.41) is 11.5. The molecule has 0 aliphatic carbocycles. The van der Waals surface area contributed by atoms with Crippen molar-refractivity contribution in [3.05, 3.63) is 52.6 Å². The van der Waals surface area contributed by atoms with Gasteiger partial charge >= 0.3 is 0 Å². The molecular weight excluding hydrogens is 290 g/mol. The highest BCUT2D eigenvalue weighted by Crippen LogP contribution is 2.25. The van der Waals surface area contributed by atoms with Gasteiger partial charge in [-0.15, -0.1) is 0 Å². The van der Waals surface area contributed by atoms with Crippen molar-refractivity contribution in [2.45, 2.75) is 0 Å². The Labute approximate surface area is 117 Å². The Morgan fingerprint density at radius 1 is 1.20 bits per heavy atom. The molecule has 2 aromatic rings. The number of nitrogens with one attached hydrogen (secondary N) is 1. The number of nitrogen functional groups attached to an aromatic ring is 1. The first-order chi connectivity index (χ1) is 9.38. The lowest BCUT2D eigenvalue weighted by molar-refractivity contribution is 0.102. The van der Waals surface area contributed by atoms with E-state index >= 15 is 0 Å². The smallest absolute Gasteiger partial charge is 0.255 e. The molecule has 0 fully saturated rings.